The van der Waals surface area contributed by atoms with Gasteiger partial charge in [-0.05, 0) is 36.6 Å². The minimum Gasteiger partial charge on any atom is -0.322 e. The van der Waals surface area contributed by atoms with Gasteiger partial charge in [0.2, 0.25) is 5.91 Å². The molecule has 5 heteroatoms. The first-order valence-corrected chi connectivity index (χ1v) is 9.59. The Morgan fingerprint density at radius 2 is 1.63 bits per heavy atom. The van der Waals surface area contributed by atoms with Crippen LogP contribution in [0, 0.1) is 5.92 Å². The zero-order valence-corrected chi connectivity index (χ0v) is 16.6. The van der Waals surface area contributed by atoms with Crippen LogP contribution in [0.3, 0.4) is 0 Å². The van der Waals surface area contributed by atoms with Crippen molar-refractivity contribution in [2.45, 2.75) is 52.4 Å². The predicted octanol–water partition coefficient (Wildman–Crippen LogP) is 3.51. The van der Waals surface area contributed by atoms with Gasteiger partial charge in [0.05, 0.1) is 18.6 Å². The number of nitrogens with zero attached hydrogens (tertiary/aromatic N) is 2. The monoisotopic (exact) mass is 366 g/mol. The van der Waals surface area contributed by atoms with Crippen LogP contribution >= 0.6 is 0 Å². The fourth-order valence-corrected chi connectivity index (χ4v) is 3.78. The second kappa shape index (κ2) is 7.80. The van der Waals surface area contributed by atoms with Crippen molar-refractivity contribution in [2.75, 3.05) is 4.90 Å². The van der Waals surface area contributed by atoms with Crippen molar-refractivity contribution in [1.29, 1.82) is 0 Å². The van der Waals surface area contributed by atoms with Gasteiger partial charge in [-0.2, -0.15) is 0 Å². The van der Waals surface area contributed by atoms with Crippen molar-refractivity contribution in [3.05, 3.63) is 65.2 Å². The highest BCUT2D eigenvalue weighted by molar-refractivity contribution is 5.95. The maximum Gasteiger partial charge on any atom is 0.229 e. The molecule has 2 aromatic carbocycles. The summed E-state index contributed by atoms with van der Waals surface area (Å²) in [6.07, 6.45) is 0. The Bertz CT molecular complexity index is 817. The van der Waals surface area contributed by atoms with Crippen LogP contribution in [0.2, 0.25) is 0 Å². The van der Waals surface area contributed by atoms with Crippen LogP contribution < -0.4 is 16.5 Å². The quantitative estimate of drug-likeness (QED) is 0.644. The first kappa shape index (κ1) is 19.5. The molecule has 0 saturated heterocycles. The minimum absolute atomic E-state index is 0.0939. The van der Waals surface area contributed by atoms with Crippen molar-refractivity contribution in [3.63, 3.8) is 0 Å². The number of anilines is 1. The molecule has 4 N–H and O–H groups in total. The average Bonchev–Trinajstić information content (AvgIpc) is 2.65. The van der Waals surface area contributed by atoms with E-state index < -0.39 is 0 Å². The van der Waals surface area contributed by atoms with Crippen LogP contribution in [0.5, 0.6) is 0 Å². The topological polar surface area (TPSA) is 75.6 Å². The standard InChI is InChI=1S/C22H30N4O/c1-14(2)22(27)25-13-16-9-5-6-10-17(16)21(26(24)15(3)4)20(23)18-11-7-8-12-19(18)25/h5-12,14-15,20-21H,13,23-24H2,1-4H3. The Kier molecular flexibility index (Phi) is 5.65. The highest BCUT2D eigenvalue weighted by Crippen LogP contribution is 2.41. The molecular formula is C22H30N4O. The molecule has 0 saturated carbocycles. The van der Waals surface area contributed by atoms with E-state index in [2.05, 4.69) is 26.0 Å². The first-order chi connectivity index (χ1) is 12.8. The lowest BCUT2D eigenvalue weighted by Gasteiger charge is -2.40. The molecule has 1 amide bonds. The van der Waals surface area contributed by atoms with Crippen LogP contribution in [0.15, 0.2) is 48.5 Å². The Labute approximate surface area is 161 Å². The predicted molar refractivity (Wildman–Crippen MR) is 110 cm³/mol. The van der Waals surface area contributed by atoms with Crippen molar-refractivity contribution in [3.8, 4) is 0 Å². The summed E-state index contributed by atoms with van der Waals surface area (Å²) in [4.78, 5) is 14.9. The molecule has 0 bridgehead atoms. The molecule has 0 spiro atoms. The van der Waals surface area contributed by atoms with Gasteiger partial charge in [-0.3, -0.25) is 10.6 Å². The molecule has 1 aliphatic rings. The summed E-state index contributed by atoms with van der Waals surface area (Å²) in [6, 6.07) is 15.7. The number of para-hydroxylation sites is 1. The van der Waals surface area contributed by atoms with Gasteiger partial charge in [0.15, 0.2) is 0 Å². The smallest absolute Gasteiger partial charge is 0.229 e. The van der Waals surface area contributed by atoms with E-state index >= 15 is 0 Å². The van der Waals surface area contributed by atoms with E-state index in [0.29, 0.717) is 6.54 Å². The number of amides is 1. The Balaban J connectivity index is 2.22. The second-order valence-electron chi connectivity index (χ2n) is 7.85. The molecule has 2 aromatic rings. The summed E-state index contributed by atoms with van der Waals surface area (Å²) in [7, 11) is 0. The third-order valence-corrected chi connectivity index (χ3v) is 5.31. The van der Waals surface area contributed by atoms with Crippen LogP contribution in [-0.2, 0) is 11.3 Å². The average molecular weight is 367 g/mol. The van der Waals surface area contributed by atoms with Crippen LogP contribution in [0.1, 0.15) is 56.5 Å². The third-order valence-electron chi connectivity index (χ3n) is 5.31. The van der Waals surface area contributed by atoms with Gasteiger partial charge in [0.25, 0.3) is 0 Å². The molecule has 0 fully saturated rings. The molecule has 1 aliphatic heterocycles. The Morgan fingerprint density at radius 3 is 2.26 bits per heavy atom. The minimum atomic E-state index is -0.350. The number of hydrogen-bond donors (Lipinski definition) is 2. The SMILES string of the molecule is CC(C)C(=O)N1Cc2ccccc2C(N(N)C(C)C)C(N)c2ccccc21. The van der Waals surface area contributed by atoms with E-state index in [4.69, 9.17) is 11.6 Å². The molecule has 0 radical (unpaired) electrons. The fraction of sp³-hybridized carbons (Fsp3) is 0.409. The van der Waals surface area contributed by atoms with E-state index in [1.807, 2.05) is 60.2 Å². The number of nitrogens with two attached hydrogens (primary N) is 2. The Morgan fingerprint density at radius 1 is 1.04 bits per heavy atom. The number of hydrazine groups is 1. The molecule has 2 unspecified atom stereocenters. The van der Waals surface area contributed by atoms with Crippen molar-refractivity contribution < 1.29 is 4.79 Å². The molecule has 3 rings (SSSR count). The molecule has 1 heterocycles. The third kappa shape index (κ3) is 3.63. The van der Waals surface area contributed by atoms with Crippen LogP contribution in [-0.4, -0.2) is 17.0 Å². The van der Waals surface area contributed by atoms with E-state index in [1.54, 1.807) is 0 Å². The maximum absolute atomic E-state index is 13.0. The highest BCUT2D eigenvalue weighted by Gasteiger charge is 2.35. The van der Waals surface area contributed by atoms with Crippen molar-refractivity contribution in [1.82, 2.24) is 5.01 Å². The van der Waals surface area contributed by atoms with Gasteiger partial charge in [-0.15, -0.1) is 0 Å². The lowest BCUT2D eigenvalue weighted by molar-refractivity contribution is -0.121. The zero-order chi connectivity index (χ0) is 19.7. The molecule has 27 heavy (non-hydrogen) atoms. The van der Waals surface area contributed by atoms with E-state index in [1.165, 1.54) is 0 Å². The van der Waals surface area contributed by atoms with E-state index in [9.17, 15) is 4.79 Å². The summed E-state index contributed by atoms with van der Waals surface area (Å²) in [5.41, 5.74) is 10.8. The lowest BCUT2D eigenvalue weighted by Crippen LogP contribution is -2.47. The van der Waals surface area contributed by atoms with Gasteiger partial charge in [-0.1, -0.05) is 56.3 Å². The highest BCUT2D eigenvalue weighted by atomic mass is 16.2. The second-order valence-corrected chi connectivity index (χ2v) is 7.85. The van der Waals surface area contributed by atoms with Gasteiger partial charge >= 0.3 is 0 Å². The maximum atomic E-state index is 13.0. The fourth-order valence-electron chi connectivity index (χ4n) is 3.78. The number of benzene rings is 2. The largest absolute Gasteiger partial charge is 0.322 e. The van der Waals surface area contributed by atoms with E-state index in [-0.39, 0.29) is 30.0 Å². The van der Waals surface area contributed by atoms with Gasteiger partial charge < -0.3 is 10.6 Å². The Hall–Kier alpha value is -2.21. The number of hydrogen-bond acceptors (Lipinski definition) is 4. The summed E-state index contributed by atoms with van der Waals surface area (Å²) < 4.78 is 0. The summed E-state index contributed by atoms with van der Waals surface area (Å²) in [5.74, 6) is 6.48. The number of carbonyl (C=O) groups excluding carboxylic acids is 1. The first-order valence-electron chi connectivity index (χ1n) is 9.59. The number of rotatable bonds is 3. The van der Waals surface area contributed by atoms with Gasteiger partial charge in [0.1, 0.15) is 0 Å². The summed E-state index contributed by atoms with van der Waals surface area (Å²) in [5, 5.41) is 1.83. The van der Waals surface area contributed by atoms with Crippen molar-refractivity contribution in [2.24, 2.45) is 17.5 Å². The molecule has 144 valence electrons. The summed E-state index contributed by atoms with van der Waals surface area (Å²) >= 11 is 0. The van der Waals surface area contributed by atoms with Crippen molar-refractivity contribution >= 4 is 11.6 Å². The van der Waals surface area contributed by atoms with Gasteiger partial charge in [-0.25, -0.2) is 5.01 Å². The molecule has 0 aliphatic carbocycles. The zero-order valence-electron chi connectivity index (χ0n) is 16.6. The van der Waals surface area contributed by atoms with Crippen LogP contribution in [0.4, 0.5) is 5.69 Å². The molecule has 5 nitrogen and oxygen atoms in total. The van der Waals surface area contributed by atoms with Gasteiger partial charge in [0, 0.05) is 17.6 Å². The summed E-state index contributed by atoms with van der Waals surface area (Å²) in [6.45, 7) is 8.50. The molecule has 2 atom stereocenters. The van der Waals surface area contributed by atoms with E-state index in [0.717, 1.165) is 22.4 Å². The molecular weight excluding hydrogens is 336 g/mol. The number of carbonyl (C=O) groups is 1. The normalized spacial score (nSPS) is 19.7. The lowest BCUT2D eigenvalue weighted by atomic mass is 9.86. The van der Waals surface area contributed by atoms with Crippen LogP contribution in [0.25, 0.3) is 0 Å². The number of fused-ring (bicyclic) bond motifs is 2. The molecule has 0 aromatic heterocycles.